The van der Waals surface area contributed by atoms with Crippen LogP contribution in [0.15, 0.2) is 0 Å². The molecule has 0 aromatic rings. The van der Waals surface area contributed by atoms with Gasteiger partial charge in [-0.1, -0.05) is 0 Å². The number of likely N-dealkylation sites (N-methyl/N-ethyl adjacent to an activating group) is 1. The summed E-state index contributed by atoms with van der Waals surface area (Å²) in [7, 11) is 1.67. The van der Waals surface area contributed by atoms with Gasteiger partial charge in [-0.25, -0.2) is 4.79 Å². The summed E-state index contributed by atoms with van der Waals surface area (Å²) in [4.78, 5) is 24.3. The summed E-state index contributed by atoms with van der Waals surface area (Å²) in [6, 6.07) is 0. The summed E-state index contributed by atoms with van der Waals surface area (Å²) < 4.78 is 36.9. The van der Waals surface area contributed by atoms with E-state index < -0.39 is 5.60 Å². The molecule has 0 unspecified atom stereocenters. The Morgan fingerprint density at radius 1 is 0.710 bits per heavy atom. The van der Waals surface area contributed by atoms with Crippen LogP contribution < -0.4 is 0 Å². The van der Waals surface area contributed by atoms with Crippen LogP contribution in [0.1, 0.15) is 34.1 Å². The van der Waals surface area contributed by atoms with Gasteiger partial charge in [-0.3, -0.25) is 4.79 Å². The molecule has 0 atom stereocenters. The number of carbonyl (C=O) groups is 2. The van der Waals surface area contributed by atoms with E-state index in [1.165, 1.54) is 4.90 Å². The summed E-state index contributed by atoms with van der Waals surface area (Å²) in [5.74, 6) is -0.253. The van der Waals surface area contributed by atoms with Gasteiger partial charge in [-0.05, 0) is 27.7 Å². The molecule has 0 radical (unpaired) electrons. The van der Waals surface area contributed by atoms with Crippen molar-refractivity contribution in [1.29, 1.82) is 0 Å². The number of ether oxygens (including phenoxy) is 7. The number of hydrogen-bond donors (Lipinski definition) is 0. The van der Waals surface area contributed by atoms with Gasteiger partial charge in [0.15, 0.2) is 0 Å². The van der Waals surface area contributed by atoms with Crippen LogP contribution in [0.2, 0.25) is 0 Å². The summed E-state index contributed by atoms with van der Waals surface area (Å²) in [5, 5.41) is 0. The van der Waals surface area contributed by atoms with Crippen molar-refractivity contribution < 1.29 is 42.7 Å². The van der Waals surface area contributed by atoms with E-state index in [2.05, 4.69) is 0 Å². The molecular formula is C21H41NO9. The standard InChI is InChI=1S/C21H41NO9/c1-6-30-19(23)7-9-25-11-13-27-15-17-29-18-16-28-14-12-26-10-8-22(5)20(24)31-21(2,3)4/h6-18H2,1-5H3. The van der Waals surface area contributed by atoms with E-state index in [1.54, 1.807) is 14.0 Å². The van der Waals surface area contributed by atoms with Crippen LogP contribution in [0.25, 0.3) is 0 Å². The third-order valence-electron chi connectivity index (χ3n) is 3.52. The van der Waals surface area contributed by atoms with Crippen LogP contribution in [-0.2, 0) is 38.0 Å². The fourth-order valence-corrected chi connectivity index (χ4v) is 2.00. The van der Waals surface area contributed by atoms with Crippen molar-refractivity contribution in [1.82, 2.24) is 4.90 Å². The second-order valence-electron chi connectivity index (χ2n) is 7.52. The van der Waals surface area contributed by atoms with Crippen LogP contribution in [0.3, 0.4) is 0 Å². The second-order valence-corrected chi connectivity index (χ2v) is 7.52. The number of hydrogen-bond acceptors (Lipinski definition) is 9. The highest BCUT2D eigenvalue weighted by Gasteiger charge is 2.19. The molecule has 10 nitrogen and oxygen atoms in total. The van der Waals surface area contributed by atoms with E-state index in [0.717, 1.165) is 0 Å². The molecule has 10 heteroatoms. The molecule has 0 aliphatic carbocycles. The first-order valence-corrected chi connectivity index (χ1v) is 10.7. The molecule has 1 amide bonds. The Morgan fingerprint density at radius 3 is 1.55 bits per heavy atom. The van der Waals surface area contributed by atoms with Crippen LogP contribution in [0.4, 0.5) is 4.79 Å². The Morgan fingerprint density at radius 2 is 1.13 bits per heavy atom. The first-order chi connectivity index (χ1) is 14.8. The fourth-order valence-electron chi connectivity index (χ4n) is 2.00. The lowest BCUT2D eigenvalue weighted by Crippen LogP contribution is -2.36. The van der Waals surface area contributed by atoms with E-state index in [4.69, 9.17) is 33.2 Å². The van der Waals surface area contributed by atoms with Gasteiger partial charge in [0.25, 0.3) is 0 Å². The number of esters is 1. The zero-order valence-electron chi connectivity index (χ0n) is 19.8. The van der Waals surface area contributed by atoms with E-state index in [-0.39, 0.29) is 18.5 Å². The van der Waals surface area contributed by atoms with Gasteiger partial charge in [-0.15, -0.1) is 0 Å². The van der Waals surface area contributed by atoms with Crippen molar-refractivity contribution in [2.24, 2.45) is 0 Å². The van der Waals surface area contributed by atoms with E-state index in [9.17, 15) is 9.59 Å². The highest BCUT2D eigenvalue weighted by atomic mass is 16.6. The van der Waals surface area contributed by atoms with Crippen LogP contribution in [-0.4, -0.2) is 109 Å². The van der Waals surface area contributed by atoms with Gasteiger partial charge in [-0.2, -0.15) is 0 Å². The smallest absolute Gasteiger partial charge is 0.410 e. The fraction of sp³-hybridized carbons (Fsp3) is 0.905. The van der Waals surface area contributed by atoms with Gasteiger partial charge < -0.3 is 38.1 Å². The second kappa shape index (κ2) is 19.2. The molecule has 0 saturated heterocycles. The normalized spacial score (nSPS) is 11.4. The average molecular weight is 452 g/mol. The van der Waals surface area contributed by atoms with Crippen molar-refractivity contribution in [3.05, 3.63) is 0 Å². The number of nitrogens with zero attached hydrogens (tertiary/aromatic N) is 1. The maximum Gasteiger partial charge on any atom is 0.410 e. The molecule has 184 valence electrons. The molecule has 0 saturated carbocycles. The van der Waals surface area contributed by atoms with Crippen LogP contribution >= 0.6 is 0 Å². The minimum absolute atomic E-state index is 0.253. The van der Waals surface area contributed by atoms with Crippen molar-refractivity contribution in [3.8, 4) is 0 Å². The Labute approximate surface area is 186 Å². The number of rotatable bonds is 19. The topological polar surface area (TPSA) is 102 Å². The molecule has 0 spiro atoms. The van der Waals surface area contributed by atoms with Gasteiger partial charge in [0, 0.05) is 13.6 Å². The zero-order chi connectivity index (χ0) is 23.4. The van der Waals surface area contributed by atoms with Crippen molar-refractivity contribution in [3.63, 3.8) is 0 Å². The molecule has 0 heterocycles. The molecule has 0 aromatic heterocycles. The maximum atomic E-state index is 11.8. The molecule has 0 bridgehead atoms. The Kier molecular flexibility index (Phi) is 18.3. The van der Waals surface area contributed by atoms with E-state index in [1.807, 2.05) is 20.8 Å². The van der Waals surface area contributed by atoms with Gasteiger partial charge in [0.05, 0.1) is 79.1 Å². The SMILES string of the molecule is CCOC(=O)CCOCCOCCOCCOCCOCCN(C)C(=O)OC(C)(C)C. The highest BCUT2D eigenvalue weighted by Crippen LogP contribution is 2.08. The molecule has 0 aromatic carbocycles. The third kappa shape index (κ3) is 21.6. The van der Waals surface area contributed by atoms with Gasteiger partial charge >= 0.3 is 12.1 Å². The van der Waals surface area contributed by atoms with E-state index >= 15 is 0 Å². The molecule has 0 aliphatic heterocycles. The summed E-state index contributed by atoms with van der Waals surface area (Å²) in [5.41, 5.74) is -0.505. The first-order valence-electron chi connectivity index (χ1n) is 10.7. The summed E-state index contributed by atoms with van der Waals surface area (Å²) in [6.07, 6.45) is -0.111. The lowest BCUT2D eigenvalue weighted by molar-refractivity contribution is -0.144. The summed E-state index contributed by atoms with van der Waals surface area (Å²) in [6.45, 7) is 12.5. The maximum absolute atomic E-state index is 11.8. The molecule has 0 fully saturated rings. The van der Waals surface area contributed by atoms with Crippen molar-refractivity contribution in [2.75, 3.05) is 86.3 Å². The molecule has 0 N–H and O–H groups in total. The Hall–Kier alpha value is -1.46. The molecule has 0 rings (SSSR count). The minimum atomic E-state index is -0.505. The Balaban J connectivity index is 3.27. The predicted octanol–water partition coefficient (Wildman–Crippen LogP) is 1.89. The third-order valence-corrected chi connectivity index (χ3v) is 3.52. The van der Waals surface area contributed by atoms with E-state index in [0.29, 0.717) is 79.2 Å². The lowest BCUT2D eigenvalue weighted by Gasteiger charge is -2.24. The van der Waals surface area contributed by atoms with Gasteiger partial charge in [0.1, 0.15) is 5.60 Å². The van der Waals surface area contributed by atoms with Crippen molar-refractivity contribution >= 4 is 12.1 Å². The minimum Gasteiger partial charge on any atom is -0.466 e. The average Bonchev–Trinajstić information content (AvgIpc) is 2.69. The zero-order valence-corrected chi connectivity index (χ0v) is 19.8. The first kappa shape index (κ1) is 29.5. The molecule has 31 heavy (non-hydrogen) atoms. The Bertz CT molecular complexity index is 455. The highest BCUT2D eigenvalue weighted by molar-refractivity contribution is 5.69. The molecular weight excluding hydrogens is 410 g/mol. The monoisotopic (exact) mass is 451 g/mol. The lowest BCUT2D eigenvalue weighted by atomic mass is 10.2. The molecule has 0 aliphatic rings. The number of amides is 1. The van der Waals surface area contributed by atoms with Gasteiger partial charge in [0.2, 0.25) is 0 Å². The van der Waals surface area contributed by atoms with Crippen LogP contribution in [0.5, 0.6) is 0 Å². The quantitative estimate of drug-likeness (QED) is 0.215. The van der Waals surface area contributed by atoms with Crippen LogP contribution in [0, 0.1) is 0 Å². The summed E-state index contributed by atoms with van der Waals surface area (Å²) >= 11 is 0. The van der Waals surface area contributed by atoms with Crippen molar-refractivity contribution in [2.45, 2.75) is 39.7 Å². The largest absolute Gasteiger partial charge is 0.466 e. The predicted molar refractivity (Wildman–Crippen MR) is 114 cm³/mol. The number of carbonyl (C=O) groups excluding carboxylic acids is 2.